The molecule has 1 amide bonds. The van der Waals surface area contributed by atoms with E-state index in [0.29, 0.717) is 25.2 Å². The van der Waals surface area contributed by atoms with E-state index < -0.39 is 11.4 Å². The molecule has 19 heavy (non-hydrogen) atoms. The van der Waals surface area contributed by atoms with Gasteiger partial charge in [0, 0.05) is 12.6 Å². The third kappa shape index (κ3) is 3.07. The molecule has 1 heterocycles. The molecule has 1 aliphatic rings. The maximum atomic E-state index is 11.8. The summed E-state index contributed by atoms with van der Waals surface area (Å²) < 4.78 is 0. The SMILES string of the molecule is Cc1nccc(CNC(=O)CC2(C(=O)O)CCC2)n1. The molecule has 1 aromatic heterocycles. The number of nitrogens with one attached hydrogen (secondary N) is 1. The van der Waals surface area contributed by atoms with Gasteiger partial charge in [0.05, 0.1) is 17.7 Å². The van der Waals surface area contributed by atoms with Crippen molar-refractivity contribution in [3.63, 3.8) is 0 Å². The second-order valence-electron chi connectivity index (χ2n) is 4.99. The first-order chi connectivity index (χ1) is 9.02. The lowest BCUT2D eigenvalue weighted by Crippen LogP contribution is -2.42. The molecular weight excluding hydrogens is 246 g/mol. The van der Waals surface area contributed by atoms with Crippen molar-refractivity contribution in [1.82, 2.24) is 15.3 Å². The number of hydrogen-bond acceptors (Lipinski definition) is 4. The molecular formula is C13H17N3O3. The summed E-state index contributed by atoms with van der Waals surface area (Å²) in [7, 11) is 0. The molecule has 0 atom stereocenters. The summed E-state index contributed by atoms with van der Waals surface area (Å²) in [6, 6.07) is 1.73. The predicted octanol–water partition coefficient (Wildman–Crippen LogP) is 1.05. The highest BCUT2D eigenvalue weighted by Gasteiger charge is 2.45. The third-order valence-corrected chi connectivity index (χ3v) is 3.56. The van der Waals surface area contributed by atoms with Gasteiger partial charge in [-0.1, -0.05) is 6.42 Å². The smallest absolute Gasteiger partial charge is 0.310 e. The van der Waals surface area contributed by atoms with E-state index in [2.05, 4.69) is 15.3 Å². The number of hydrogen-bond donors (Lipinski definition) is 2. The molecule has 1 aliphatic carbocycles. The van der Waals surface area contributed by atoms with Crippen LogP contribution in [0, 0.1) is 12.3 Å². The van der Waals surface area contributed by atoms with Crippen molar-refractivity contribution < 1.29 is 14.7 Å². The number of carbonyl (C=O) groups is 2. The van der Waals surface area contributed by atoms with Gasteiger partial charge in [-0.05, 0) is 25.8 Å². The Bertz CT molecular complexity index is 498. The Morgan fingerprint density at radius 1 is 1.47 bits per heavy atom. The summed E-state index contributed by atoms with van der Waals surface area (Å²) in [4.78, 5) is 31.1. The van der Waals surface area contributed by atoms with Gasteiger partial charge in [0.25, 0.3) is 0 Å². The molecule has 0 radical (unpaired) electrons. The van der Waals surface area contributed by atoms with Gasteiger partial charge in [0.2, 0.25) is 5.91 Å². The van der Waals surface area contributed by atoms with Crippen molar-refractivity contribution in [3.8, 4) is 0 Å². The van der Waals surface area contributed by atoms with Gasteiger partial charge in [0.15, 0.2) is 0 Å². The van der Waals surface area contributed by atoms with Gasteiger partial charge in [-0.15, -0.1) is 0 Å². The van der Waals surface area contributed by atoms with E-state index in [1.54, 1.807) is 19.2 Å². The zero-order chi connectivity index (χ0) is 13.9. The van der Waals surface area contributed by atoms with Crippen molar-refractivity contribution in [3.05, 3.63) is 23.8 Å². The standard InChI is InChI=1S/C13H17N3O3/c1-9-14-6-3-10(16-9)8-15-11(17)7-13(12(18)19)4-2-5-13/h3,6H,2,4-5,7-8H2,1H3,(H,15,17)(H,18,19). The van der Waals surface area contributed by atoms with Crippen LogP contribution in [0.15, 0.2) is 12.3 Å². The van der Waals surface area contributed by atoms with Gasteiger partial charge in [0.1, 0.15) is 5.82 Å². The average Bonchev–Trinajstić information content (AvgIpc) is 2.31. The van der Waals surface area contributed by atoms with Crippen LogP contribution in [-0.2, 0) is 16.1 Å². The first-order valence-electron chi connectivity index (χ1n) is 6.30. The summed E-state index contributed by atoms with van der Waals surface area (Å²) in [6.07, 6.45) is 3.73. The number of carboxylic acids is 1. The average molecular weight is 263 g/mol. The molecule has 0 spiro atoms. The Morgan fingerprint density at radius 3 is 2.74 bits per heavy atom. The van der Waals surface area contributed by atoms with Crippen LogP contribution in [0.2, 0.25) is 0 Å². The summed E-state index contributed by atoms with van der Waals surface area (Å²) >= 11 is 0. The quantitative estimate of drug-likeness (QED) is 0.828. The van der Waals surface area contributed by atoms with Crippen LogP contribution in [-0.4, -0.2) is 27.0 Å². The van der Waals surface area contributed by atoms with E-state index >= 15 is 0 Å². The lowest BCUT2D eigenvalue weighted by molar-refractivity contribution is -0.157. The number of aliphatic carboxylic acids is 1. The number of carboxylic acid groups (broad SMARTS) is 1. The zero-order valence-electron chi connectivity index (χ0n) is 10.8. The molecule has 6 heteroatoms. The van der Waals surface area contributed by atoms with Crippen molar-refractivity contribution >= 4 is 11.9 Å². The molecule has 1 fully saturated rings. The van der Waals surface area contributed by atoms with Crippen LogP contribution in [0.5, 0.6) is 0 Å². The Morgan fingerprint density at radius 2 is 2.21 bits per heavy atom. The molecule has 6 nitrogen and oxygen atoms in total. The second-order valence-corrected chi connectivity index (χ2v) is 4.99. The maximum Gasteiger partial charge on any atom is 0.310 e. The van der Waals surface area contributed by atoms with E-state index in [4.69, 9.17) is 5.11 Å². The summed E-state index contributed by atoms with van der Waals surface area (Å²) in [5, 5.41) is 11.9. The monoisotopic (exact) mass is 263 g/mol. The fraction of sp³-hybridized carbons (Fsp3) is 0.538. The highest BCUT2D eigenvalue weighted by atomic mass is 16.4. The minimum atomic E-state index is -0.869. The number of aromatic nitrogens is 2. The van der Waals surface area contributed by atoms with Crippen LogP contribution >= 0.6 is 0 Å². The highest BCUT2D eigenvalue weighted by Crippen LogP contribution is 2.44. The minimum Gasteiger partial charge on any atom is -0.481 e. The zero-order valence-corrected chi connectivity index (χ0v) is 10.8. The lowest BCUT2D eigenvalue weighted by Gasteiger charge is -2.36. The van der Waals surface area contributed by atoms with Crippen LogP contribution in [0.3, 0.4) is 0 Å². The normalized spacial score (nSPS) is 16.5. The fourth-order valence-electron chi connectivity index (χ4n) is 2.23. The summed E-state index contributed by atoms with van der Waals surface area (Å²) in [5.74, 6) is -0.460. The molecule has 2 N–H and O–H groups in total. The van der Waals surface area contributed by atoms with E-state index in [-0.39, 0.29) is 12.3 Å². The van der Waals surface area contributed by atoms with Gasteiger partial charge in [-0.25, -0.2) is 9.97 Å². The molecule has 0 aliphatic heterocycles. The predicted molar refractivity (Wildman–Crippen MR) is 67.2 cm³/mol. The Hall–Kier alpha value is -1.98. The second kappa shape index (κ2) is 5.34. The number of carbonyl (C=O) groups excluding carboxylic acids is 1. The summed E-state index contributed by atoms with van der Waals surface area (Å²) in [6.45, 7) is 2.08. The topological polar surface area (TPSA) is 92.2 Å². The molecule has 0 unspecified atom stereocenters. The molecule has 0 aromatic carbocycles. The Balaban J connectivity index is 1.86. The van der Waals surface area contributed by atoms with Gasteiger partial charge >= 0.3 is 5.97 Å². The molecule has 2 rings (SSSR count). The van der Waals surface area contributed by atoms with E-state index in [9.17, 15) is 9.59 Å². The van der Waals surface area contributed by atoms with Gasteiger partial charge < -0.3 is 10.4 Å². The van der Waals surface area contributed by atoms with E-state index in [0.717, 1.165) is 12.1 Å². The maximum absolute atomic E-state index is 11.8. The number of aryl methyl sites for hydroxylation is 1. The number of amides is 1. The first-order valence-corrected chi connectivity index (χ1v) is 6.30. The van der Waals surface area contributed by atoms with Crippen molar-refractivity contribution in [2.75, 3.05) is 0 Å². The number of rotatable bonds is 5. The molecule has 0 saturated heterocycles. The summed E-state index contributed by atoms with van der Waals surface area (Å²) in [5.41, 5.74) is -0.120. The number of nitrogens with zero attached hydrogens (tertiary/aromatic N) is 2. The van der Waals surface area contributed by atoms with E-state index in [1.165, 1.54) is 0 Å². The van der Waals surface area contributed by atoms with Crippen molar-refractivity contribution in [2.24, 2.45) is 5.41 Å². The van der Waals surface area contributed by atoms with Crippen molar-refractivity contribution in [2.45, 2.75) is 39.2 Å². The lowest BCUT2D eigenvalue weighted by atomic mass is 9.66. The Kier molecular flexibility index (Phi) is 3.78. The van der Waals surface area contributed by atoms with Crippen LogP contribution in [0.4, 0.5) is 0 Å². The van der Waals surface area contributed by atoms with Gasteiger partial charge in [-0.3, -0.25) is 9.59 Å². The fourth-order valence-corrected chi connectivity index (χ4v) is 2.23. The molecule has 102 valence electrons. The highest BCUT2D eigenvalue weighted by molar-refractivity contribution is 5.85. The molecule has 1 aromatic rings. The molecule has 1 saturated carbocycles. The largest absolute Gasteiger partial charge is 0.481 e. The third-order valence-electron chi connectivity index (χ3n) is 3.56. The van der Waals surface area contributed by atoms with Crippen LogP contribution in [0.25, 0.3) is 0 Å². The Labute approximate surface area is 111 Å². The van der Waals surface area contributed by atoms with Gasteiger partial charge in [-0.2, -0.15) is 0 Å². The first kappa shape index (κ1) is 13.5. The van der Waals surface area contributed by atoms with Crippen LogP contribution < -0.4 is 5.32 Å². The minimum absolute atomic E-state index is 0.0480. The van der Waals surface area contributed by atoms with Crippen molar-refractivity contribution in [1.29, 1.82) is 0 Å². The van der Waals surface area contributed by atoms with Crippen LogP contribution in [0.1, 0.15) is 37.2 Å². The van der Waals surface area contributed by atoms with E-state index in [1.807, 2.05) is 0 Å². The molecule has 0 bridgehead atoms.